The molecule has 0 amide bonds. The van der Waals surface area contributed by atoms with Gasteiger partial charge in [0, 0.05) is 6.42 Å². The molecule has 0 aromatic rings. The van der Waals surface area contributed by atoms with Crippen molar-refractivity contribution in [2.45, 2.75) is 45.1 Å². The number of carbonyl (C=O) groups excluding carboxylic acids is 1. The van der Waals surface area contributed by atoms with Gasteiger partial charge in [-0.05, 0) is 12.8 Å². The van der Waals surface area contributed by atoms with Crippen LogP contribution < -0.4 is 0 Å². The molecule has 0 aliphatic heterocycles. The molecule has 0 rings (SSSR count). The number of hydrogen-bond donors (Lipinski definition) is 0. The summed E-state index contributed by atoms with van der Waals surface area (Å²) in [5.74, 6) is -0.194. The van der Waals surface area contributed by atoms with E-state index in [1.807, 2.05) is 13.8 Å². The van der Waals surface area contributed by atoms with Crippen molar-refractivity contribution in [3.63, 3.8) is 0 Å². The number of halogens is 1. The van der Waals surface area contributed by atoms with Crippen LogP contribution in [0.2, 0.25) is 0 Å². The summed E-state index contributed by atoms with van der Waals surface area (Å²) in [6.07, 6.45) is 2.95. The summed E-state index contributed by atoms with van der Waals surface area (Å²) < 4.78 is 4.86. The second-order valence-corrected chi connectivity index (χ2v) is 2.93. The third kappa shape index (κ3) is 6.17. The average Bonchev–Trinajstić information content (AvgIpc) is 1.87. The molecule has 0 fully saturated rings. The summed E-state index contributed by atoms with van der Waals surface area (Å²) in [5, 5.41) is 0. The summed E-state index contributed by atoms with van der Waals surface area (Å²) in [7, 11) is 0. The molecule has 0 aromatic carbocycles. The molecule has 0 saturated heterocycles. The number of alkyl halides is 1. The SMILES string of the molecule is CCCC(=O)OC(Cl)CCC. The van der Waals surface area contributed by atoms with Crippen LogP contribution in [0.15, 0.2) is 0 Å². The van der Waals surface area contributed by atoms with Crippen LogP contribution in [0.25, 0.3) is 0 Å². The number of hydrogen-bond acceptors (Lipinski definition) is 2. The molecule has 0 heterocycles. The smallest absolute Gasteiger partial charge is 0.307 e. The maximum absolute atomic E-state index is 10.8. The maximum atomic E-state index is 10.8. The first-order chi connectivity index (χ1) is 5.20. The minimum absolute atomic E-state index is 0.194. The Kier molecular flexibility index (Phi) is 6.33. The van der Waals surface area contributed by atoms with Crippen molar-refractivity contribution in [2.24, 2.45) is 0 Å². The van der Waals surface area contributed by atoms with Gasteiger partial charge in [-0.2, -0.15) is 0 Å². The second-order valence-electron chi connectivity index (χ2n) is 2.44. The van der Waals surface area contributed by atoms with E-state index in [-0.39, 0.29) is 5.97 Å². The number of esters is 1. The number of rotatable bonds is 5. The van der Waals surface area contributed by atoms with E-state index in [0.717, 1.165) is 19.3 Å². The molecule has 0 aliphatic carbocycles. The molecule has 1 unspecified atom stereocenters. The Bertz CT molecular complexity index is 115. The van der Waals surface area contributed by atoms with Crippen LogP contribution in [-0.2, 0) is 9.53 Å². The Morgan fingerprint density at radius 3 is 2.55 bits per heavy atom. The number of ether oxygens (including phenoxy) is 1. The lowest BCUT2D eigenvalue weighted by Crippen LogP contribution is -2.11. The van der Waals surface area contributed by atoms with Crippen molar-refractivity contribution >= 4 is 17.6 Å². The summed E-state index contributed by atoms with van der Waals surface area (Å²) in [6, 6.07) is 0. The molecule has 11 heavy (non-hydrogen) atoms. The Morgan fingerprint density at radius 1 is 1.45 bits per heavy atom. The van der Waals surface area contributed by atoms with Gasteiger partial charge in [-0.3, -0.25) is 4.79 Å². The van der Waals surface area contributed by atoms with Gasteiger partial charge in [0.1, 0.15) is 0 Å². The molecule has 0 bridgehead atoms. The van der Waals surface area contributed by atoms with Crippen LogP contribution >= 0.6 is 11.6 Å². The lowest BCUT2D eigenvalue weighted by Gasteiger charge is -2.08. The van der Waals surface area contributed by atoms with Crippen molar-refractivity contribution in [2.75, 3.05) is 0 Å². The minimum atomic E-state index is -0.431. The van der Waals surface area contributed by atoms with Crippen LogP contribution in [0.4, 0.5) is 0 Å². The largest absolute Gasteiger partial charge is 0.446 e. The third-order valence-corrected chi connectivity index (χ3v) is 1.54. The Balaban J connectivity index is 3.40. The fraction of sp³-hybridized carbons (Fsp3) is 0.875. The molecule has 0 radical (unpaired) electrons. The Hall–Kier alpha value is -0.240. The zero-order valence-corrected chi connectivity index (χ0v) is 7.86. The molecule has 3 heteroatoms. The van der Waals surface area contributed by atoms with E-state index in [9.17, 15) is 4.79 Å². The van der Waals surface area contributed by atoms with Gasteiger partial charge in [-0.1, -0.05) is 31.9 Å². The van der Waals surface area contributed by atoms with Crippen LogP contribution in [0, 0.1) is 0 Å². The standard InChI is InChI=1S/C8H15ClO2/c1-3-5-7(9)11-8(10)6-4-2/h7H,3-6H2,1-2H3. The molecule has 66 valence electrons. The van der Waals surface area contributed by atoms with Crippen molar-refractivity contribution in [1.82, 2.24) is 0 Å². The molecule has 0 N–H and O–H groups in total. The van der Waals surface area contributed by atoms with Crippen LogP contribution in [0.1, 0.15) is 39.5 Å². The fourth-order valence-corrected chi connectivity index (χ4v) is 1.01. The van der Waals surface area contributed by atoms with Crippen molar-refractivity contribution in [3.8, 4) is 0 Å². The van der Waals surface area contributed by atoms with Gasteiger partial charge in [0.2, 0.25) is 0 Å². The Labute approximate surface area is 72.9 Å². The molecular formula is C8H15ClO2. The van der Waals surface area contributed by atoms with Gasteiger partial charge < -0.3 is 4.74 Å². The highest BCUT2D eigenvalue weighted by atomic mass is 35.5. The lowest BCUT2D eigenvalue weighted by molar-refractivity contribution is -0.145. The van der Waals surface area contributed by atoms with Gasteiger partial charge in [0.05, 0.1) is 0 Å². The highest BCUT2D eigenvalue weighted by Crippen LogP contribution is 2.08. The second kappa shape index (κ2) is 6.47. The monoisotopic (exact) mass is 178 g/mol. The molecule has 0 saturated carbocycles. The molecule has 0 aliphatic rings. The quantitative estimate of drug-likeness (QED) is 0.478. The van der Waals surface area contributed by atoms with Gasteiger partial charge in [-0.15, -0.1) is 0 Å². The maximum Gasteiger partial charge on any atom is 0.307 e. The zero-order valence-electron chi connectivity index (χ0n) is 7.10. The first kappa shape index (κ1) is 10.8. The van der Waals surface area contributed by atoms with Gasteiger partial charge in [0.15, 0.2) is 5.56 Å². The average molecular weight is 179 g/mol. The zero-order chi connectivity index (χ0) is 8.69. The number of carbonyl (C=O) groups is 1. The molecule has 1 atom stereocenters. The summed E-state index contributed by atoms with van der Waals surface area (Å²) in [5.41, 5.74) is -0.431. The van der Waals surface area contributed by atoms with Crippen molar-refractivity contribution in [1.29, 1.82) is 0 Å². The molecule has 0 spiro atoms. The highest BCUT2D eigenvalue weighted by molar-refractivity contribution is 6.20. The van der Waals surface area contributed by atoms with E-state index < -0.39 is 5.56 Å². The fourth-order valence-electron chi connectivity index (χ4n) is 0.692. The normalized spacial score (nSPS) is 12.6. The van der Waals surface area contributed by atoms with Crippen molar-refractivity contribution < 1.29 is 9.53 Å². The highest BCUT2D eigenvalue weighted by Gasteiger charge is 2.08. The van der Waals surface area contributed by atoms with E-state index in [0.29, 0.717) is 6.42 Å². The lowest BCUT2D eigenvalue weighted by atomic mass is 10.3. The topological polar surface area (TPSA) is 26.3 Å². The van der Waals surface area contributed by atoms with Gasteiger partial charge >= 0.3 is 5.97 Å². The van der Waals surface area contributed by atoms with E-state index in [2.05, 4.69) is 0 Å². The van der Waals surface area contributed by atoms with E-state index in [1.165, 1.54) is 0 Å². The molecular weight excluding hydrogens is 164 g/mol. The van der Waals surface area contributed by atoms with E-state index >= 15 is 0 Å². The van der Waals surface area contributed by atoms with Crippen LogP contribution in [-0.4, -0.2) is 11.5 Å². The Morgan fingerprint density at radius 2 is 2.09 bits per heavy atom. The summed E-state index contributed by atoms with van der Waals surface area (Å²) >= 11 is 5.67. The molecule has 2 nitrogen and oxygen atoms in total. The van der Waals surface area contributed by atoms with E-state index in [1.54, 1.807) is 0 Å². The van der Waals surface area contributed by atoms with Gasteiger partial charge in [-0.25, -0.2) is 0 Å². The summed E-state index contributed by atoms with van der Waals surface area (Å²) in [4.78, 5) is 10.8. The van der Waals surface area contributed by atoms with Crippen LogP contribution in [0.3, 0.4) is 0 Å². The first-order valence-electron chi connectivity index (χ1n) is 4.04. The summed E-state index contributed by atoms with van der Waals surface area (Å²) in [6.45, 7) is 3.94. The predicted octanol–water partition coefficient (Wildman–Crippen LogP) is 2.69. The van der Waals surface area contributed by atoms with Crippen LogP contribution in [0.5, 0.6) is 0 Å². The van der Waals surface area contributed by atoms with Gasteiger partial charge in [0.25, 0.3) is 0 Å². The third-order valence-electron chi connectivity index (χ3n) is 1.23. The molecule has 0 aromatic heterocycles. The first-order valence-corrected chi connectivity index (χ1v) is 4.47. The van der Waals surface area contributed by atoms with Crippen molar-refractivity contribution in [3.05, 3.63) is 0 Å². The predicted molar refractivity (Wildman–Crippen MR) is 45.5 cm³/mol. The van der Waals surface area contributed by atoms with E-state index in [4.69, 9.17) is 16.3 Å². The minimum Gasteiger partial charge on any atom is -0.446 e.